The molecule has 45 heavy (non-hydrogen) atoms. The van der Waals surface area contributed by atoms with Gasteiger partial charge in [-0.05, 0) is 0 Å². The molecule has 0 aromatic carbocycles. The van der Waals surface area contributed by atoms with Crippen molar-refractivity contribution in [2.45, 2.75) is 49.7 Å². The van der Waals surface area contributed by atoms with Crippen molar-refractivity contribution in [3.8, 4) is 0 Å². The smallest absolute Gasteiger partial charge is 0.382 e. The van der Waals surface area contributed by atoms with Gasteiger partial charge in [-0.15, -0.1) is 4.86 Å². The molecule has 0 aliphatic carbocycles. The van der Waals surface area contributed by atoms with E-state index < -0.39 is 59.0 Å². The Labute approximate surface area is 252 Å². The molecule has 4 aromatic rings. The summed E-state index contributed by atoms with van der Waals surface area (Å²) in [5.41, 5.74) is 13.1. The van der Waals surface area contributed by atoms with Crippen LogP contribution in [0.5, 0.6) is 0 Å². The fourth-order valence-corrected chi connectivity index (χ4v) is 7.82. The third-order valence-corrected chi connectivity index (χ3v) is 10.2. The van der Waals surface area contributed by atoms with Crippen molar-refractivity contribution in [2.24, 2.45) is 11.8 Å². The highest BCUT2D eigenvalue weighted by atomic mass is 31.3. The molecule has 2 fully saturated rings. The predicted molar refractivity (Wildman–Crippen MR) is 149 cm³/mol. The zero-order valence-corrected chi connectivity index (χ0v) is 24.8. The number of aromatic nitrogens is 8. The largest absolute Gasteiger partial charge is 0.415 e. The van der Waals surface area contributed by atoms with E-state index in [-0.39, 0.29) is 31.1 Å². The van der Waals surface area contributed by atoms with Gasteiger partial charge in [0, 0.05) is 12.8 Å². The average Bonchev–Trinajstić information content (AvgIpc) is 3.76. The molecule has 0 bridgehead atoms. The number of nitrogens with one attached hydrogen (secondary N) is 1. The van der Waals surface area contributed by atoms with E-state index in [1.807, 2.05) is 0 Å². The lowest BCUT2D eigenvalue weighted by molar-refractivity contribution is -0.0679. The van der Waals surface area contributed by atoms with Gasteiger partial charge in [-0.3, -0.25) is 23.0 Å². The maximum absolute atomic E-state index is 13.9. The summed E-state index contributed by atoms with van der Waals surface area (Å²) >= 11 is 0. The number of ether oxygens (including phenoxy) is 2. The van der Waals surface area contributed by atoms with Crippen LogP contribution in [0, 0.1) is 0 Å². The van der Waals surface area contributed by atoms with Crippen LogP contribution in [-0.2, 0) is 37.3 Å². The number of nitrogen functional groups attached to an aromatic ring is 2. The van der Waals surface area contributed by atoms with Crippen molar-refractivity contribution in [1.82, 2.24) is 43.9 Å². The Morgan fingerprint density at radius 1 is 0.844 bits per heavy atom. The highest BCUT2D eigenvalue weighted by molar-refractivity contribution is 7.66. The van der Waals surface area contributed by atoms with Crippen LogP contribution in [0.2, 0.25) is 0 Å². The van der Waals surface area contributed by atoms with Crippen LogP contribution in [0.1, 0.15) is 25.3 Å². The SMILES string of the molecule is NOCC1OC(n2cnc3c(N)ncnc32)CC1OP(=O)(NP(=O)(O)O)OCC1OC(n2cnc3c(N)ncnc32)CC1ON. The summed E-state index contributed by atoms with van der Waals surface area (Å²) in [4.78, 5) is 55.4. The molecule has 0 radical (unpaired) electrons. The molecule has 7 atom stereocenters. The Kier molecular flexibility index (Phi) is 8.80. The molecule has 6 heterocycles. The van der Waals surface area contributed by atoms with E-state index in [4.69, 9.17) is 51.5 Å². The van der Waals surface area contributed by atoms with Crippen LogP contribution in [0.3, 0.4) is 0 Å². The maximum atomic E-state index is 13.9. The van der Waals surface area contributed by atoms with Gasteiger partial charge in [0.25, 0.3) is 0 Å². The van der Waals surface area contributed by atoms with Gasteiger partial charge in [0.05, 0.1) is 25.9 Å². The molecule has 0 amide bonds. The third kappa shape index (κ3) is 6.53. The molecular formula is C20H29N13O10P2. The van der Waals surface area contributed by atoms with E-state index in [1.165, 1.54) is 29.9 Å². The van der Waals surface area contributed by atoms with Crippen LogP contribution in [0.25, 0.3) is 22.3 Å². The van der Waals surface area contributed by atoms with Crippen LogP contribution in [0.15, 0.2) is 25.3 Å². The van der Waals surface area contributed by atoms with Crippen molar-refractivity contribution < 1.29 is 47.1 Å². The minimum Gasteiger partial charge on any atom is -0.382 e. The molecule has 25 heteroatoms. The Balaban J connectivity index is 1.20. The van der Waals surface area contributed by atoms with E-state index in [1.54, 1.807) is 9.42 Å². The van der Waals surface area contributed by atoms with Crippen LogP contribution in [0.4, 0.5) is 11.6 Å². The molecule has 2 aliphatic rings. The summed E-state index contributed by atoms with van der Waals surface area (Å²) in [7, 11) is -10.0. The number of nitrogens with zero attached hydrogens (tertiary/aromatic N) is 8. The topological polar surface area (TPSA) is 333 Å². The fraction of sp³-hybridized carbons (Fsp3) is 0.500. The molecule has 23 nitrogen and oxygen atoms in total. The fourth-order valence-electron chi connectivity index (χ4n) is 5.15. The van der Waals surface area contributed by atoms with Gasteiger partial charge in [0.2, 0.25) is 0 Å². The van der Waals surface area contributed by atoms with Crippen molar-refractivity contribution >= 4 is 49.5 Å². The van der Waals surface area contributed by atoms with Crippen molar-refractivity contribution in [1.29, 1.82) is 0 Å². The average molecular weight is 673 g/mol. The zero-order chi connectivity index (χ0) is 31.9. The van der Waals surface area contributed by atoms with Gasteiger partial charge in [0.1, 0.15) is 60.6 Å². The number of hydrogen-bond donors (Lipinski definition) is 7. The Bertz CT molecular complexity index is 1770. The van der Waals surface area contributed by atoms with E-state index in [0.29, 0.717) is 22.3 Å². The van der Waals surface area contributed by atoms with E-state index >= 15 is 0 Å². The molecule has 6 rings (SSSR count). The van der Waals surface area contributed by atoms with E-state index in [9.17, 15) is 18.9 Å². The summed E-state index contributed by atoms with van der Waals surface area (Å²) in [5, 5.41) is 0. The number of anilines is 2. The molecule has 4 aromatic heterocycles. The zero-order valence-electron chi connectivity index (χ0n) is 23.0. The van der Waals surface area contributed by atoms with Gasteiger partial charge >= 0.3 is 15.5 Å². The first-order valence-electron chi connectivity index (χ1n) is 13.1. The predicted octanol–water partition coefficient (Wildman–Crippen LogP) is -1.25. The molecule has 7 unspecified atom stereocenters. The summed E-state index contributed by atoms with van der Waals surface area (Å²) < 4.78 is 52.2. The minimum absolute atomic E-state index is 0.0190. The van der Waals surface area contributed by atoms with Gasteiger partial charge in [-0.25, -0.2) is 50.8 Å². The number of imidazole rings is 2. The summed E-state index contributed by atoms with van der Waals surface area (Å²) in [6, 6.07) is 0. The van der Waals surface area contributed by atoms with E-state index in [2.05, 4.69) is 29.9 Å². The minimum atomic E-state index is -5.19. The Morgan fingerprint density at radius 3 is 1.89 bits per heavy atom. The van der Waals surface area contributed by atoms with Crippen molar-refractivity contribution in [3.05, 3.63) is 25.3 Å². The lowest BCUT2D eigenvalue weighted by atomic mass is 10.2. The monoisotopic (exact) mass is 673 g/mol. The first-order chi connectivity index (χ1) is 21.5. The number of hydrogen-bond acceptors (Lipinski definition) is 18. The Morgan fingerprint density at radius 2 is 1.38 bits per heavy atom. The van der Waals surface area contributed by atoms with Gasteiger partial charge in [-0.1, -0.05) is 0 Å². The van der Waals surface area contributed by atoms with Gasteiger partial charge < -0.3 is 35.6 Å². The lowest BCUT2D eigenvalue weighted by Gasteiger charge is -2.26. The quantitative estimate of drug-likeness (QED) is 0.0681. The molecule has 2 saturated heterocycles. The lowest BCUT2D eigenvalue weighted by Crippen LogP contribution is -2.34. The highest BCUT2D eigenvalue weighted by Gasteiger charge is 2.46. The molecule has 2 aliphatic heterocycles. The van der Waals surface area contributed by atoms with Gasteiger partial charge in [-0.2, -0.15) is 0 Å². The second-order valence-corrected chi connectivity index (χ2v) is 13.3. The number of nitrogens with two attached hydrogens (primary N) is 4. The molecule has 0 saturated carbocycles. The number of fused-ring (bicyclic) bond motifs is 2. The molecular weight excluding hydrogens is 644 g/mol. The standard InChI is InChI=1S/C20H29N13O10P2/c21-17-15-19(27-5-25-17)32(7-29-15)13-1-9(42-24)12(41-13)4-39-45(37,31-44(34,35)36)43-10-2-14(40-11(10)3-38-23)33-8-30-16-18(22)26-6-28-20(16)33/h5-14H,1-4,23-24H2,(H2,21,25,27)(H2,22,26,28)(H3,31,34,35,36,37). The van der Waals surface area contributed by atoms with E-state index in [0.717, 1.165) is 0 Å². The third-order valence-electron chi connectivity index (χ3n) is 7.13. The van der Waals surface area contributed by atoms with Crippen LogP contribution < -0.4 is 28.1 Å². The second-order valence-electron chi connectivity index (χ2n) is 9.98. The first-order valence-corrected chi connectivity index (χ1v) is 16.3. The molecule has 244 valence electrons. The first kappa shape index (κ1) is 31.7. The van der Waals surface area contributed by atoms with Crippen LogP contribution in [-0.4, -0.2) is 86.5 Å². The van der Waals surface area contributed by atoms with Crippen LogP contribution >= 0.6 is 15.5 Å². The van der Waals surface area contributed by atoms with Gasteiger partial charge in [0.15, 0.2) is 22.9 Å². The summed E-state index contributed by atoms with van der Waals surface area (Å²) in [6.07, 6.45) is 0.117. The van der Waals surface area contributed by atoms with Crippen molar-refractivity contribution in [3.63, 3.8) is 0 Å². The number of rotatable bonds is 12. The molecule has 0 spiro atoms. The normalized spacial score (nSPS) is 27.0. The van der Waals surface area contributed by atoms with Crippen molar-refractivity contribution in [2.75, 3.05) is 24.7 Å². The Hall–Kier alpha value is -3.28. The highest BCUT2D eigenvalue weighted by Crippen LogP contribution is 2.56. The second kappa shape index (κ2) is 12.5. The summed E-state index contributed by atoms with van der Waals surface area (Å²) in [6.45, 7) is -0.784. The summed E-state index contributed by atoms with van der Waals surface area (Å²) in [5.74, 6) is 11.1. The molecule has 11 N–H and O–H groups in total. The maximum Gasteiger partial charge on any atom is 0.415 e.